The van der Waals surface area contributed by atoms with E-state index in [4.69, 9.17) is 0 Å². The van der Waals surface area contributed by atoms with Gasteiger partial charge in [-0.25, -0.2) is 4.39 Å². The van der Waals surface area contributed by atoms with Gasteiger partial charge in [0.2, 0.25) is 0 Å². The highest BCUT2D eigenvalue weighted by atomic mass is 19.1. The average molecular weight is 142 g/mol. The predicted molar refractivity (Wildman–Crippen MR) is 38.4 cm³/mol. The molecule has 0 saturated carbocycles. The normalized spacial score (nSPS) is 39.6. The maximum absolute atomic E-state index is 12.8. The first-order chi connectivity index (χ1) is 4.55. The Kier molecular flexibility index (Phi) is 1.65. The zero-order valence-electron chi connectivity index (χ0n) is 6.13. The van der Waals surface area contributed by atoms with Gasteiger partial charge in [-0.1, -0.05) is 12.2 Å². The Bertz CT molecular complexity index is 191. The van der Waals surface area contributed by atoms with Crippen LogP contribution in [0.15, 0.2) is 23.8 Å². The van der Waals surface area contributed by atoms with Crippen molar-refractivity contribution in [2.24, 2.45) is 0 Å². The van der Waals surface area contributed by atoms with Crippen LogP contribution >= 0.6 is 0 Å². The second-order valence-electron chi connectivity index (χ2n) is 2.78. The smallest absolute Gasteiger partial charge is 0.151 e. The highest BCUT2D eigenvalue weighted by Crippen LogP contribution is 2.26. The summed E-state index contributed by atoms with van der Waals surface area (Å²) in [5.41, 5.74) is -0.628. The summed E-state index contributed by atoms with van der Waals surface area (Å²) in [6.07, 6.45) is 3.43. The minimum Gasteiger partial charge on any atom is -0.382 e. The number of hydrogen-bond donors (Lipinski definition) is 1. The third-order valence-electron chi connectivity index (χ3n) is 1.96. The number of alkyl halides is 1. The molecule has 0 spiro atoms. The number of allylic oxidation sites excluding steroid dienone is 2. The van der Waals surface area contributed by atoms with Crippen LogP contribution in [0.25, 0.3) is 0 Å². The van der Waals surface area contributed by atoms with E-state index >= 15 is 0 Å². The Morgan fingerprint density at radius 3 is 2.70 bits per heavy atom. The zero-order chi connectivity index (χ0) is 7.78. The van der Waals surface area contributed by atoms with Gasteiger partial charge in [-0.2, -0.15) is 0 Å². The summed E-state index contributed by atoms with van der Waals surface area (Å²) in [7, 11) is 0. The molecule has 0 aromatic rings. The highest BCUT2D eigenvalue weighted by Gasteiger charge is 2.33. The van der Waals surface area contributed by atoms with E-state index in [-0.39, 0.29) is 0 Å². The van der Waals surface area contributed by atoms with E-state index in [0.717, 1.165) is 0 Å². The van der Waals surface area contributed by atoms with Crippen LogP contribution in [0.3, 0.4) is 0 Å². The van der Waals surface area contributed by atoms with Gasteiger partial charge in [-0.15, -0.1) is 0 Å². The van der Waals surface area contributed by atoms with Crippen molar-refractivity contribution in [3.8, 4) is 0 Å². The van der Waals surface area contributed by atoms with Crippen molar-refractivity contribution in [1.29, 1.82) is 0 Å². The fourth-order valence-electron chi connectivity index (χ4n) is 0.871. The Labute approximate surface area is 59.9 Å². The maximum Gasteiger partial charge on any atom is 0.151 e. The fraction of sp³-hybridized carbons (Fsp3) is 0.500. The van der Waals surface area contributed by atoms with E-state index in [9.17, 15) is 9.50 Å². The molecule has 0 heterocycles. The van der Waals surface area contributed by atoms with Crippen LogP contribution in [0.2, 0.25) is 0 Å². The lowest BCUT2D eigenvalue weighted by atomic mass is 9.88. The molecule has 2 atom stereocenters. The van der Waals surface area contributed by atoms with Gasteiger partial charge in [-0.3, -0.25) is 0 Å². The highest BCUT2D eigenvalue weighted by molar-refractivity contribution is 5.28. The molecule has 1 N–H and O–H groups in total. The van der Waals surface area contributed by atoms with Crippen molar-refractivity contribution in [3.05, 3.63) is 23.8 Å². The Morgan fingerprint density at radius 2 is 2.30 bits per heavy atom. The van der Waals surface area contributed by atoms with Gasteiger partial charge in [0.05, 0.1) is 0 Å². The fourth-order valence-corrected chi connectivity index (χ4v) is 0.871. The summed E-state index contributed by atoms with van der Waals surface area (Å²) >= 11 is 0. The van der Waals surface area contributed by atoms with Crippen molar-refractivity contribution < 1.29 is 9.50 Å². The van der Waals surface area contributed by atoms with Gasteiger partial charge in [0, 0.05) is 0 Å². The molecule has 0 amide bonds. The van der Waals surface area contributed by atoms with E-state index in [1.54, 1.807) is 19.1 Å². The topological polar surface area (TPSA) is 20.2 Å². The molecule has 1 aliphatic rings. The molecule has 1 nitrogen and oxygen atoms in total. The van der Waals surface area contributed by atoms with E-state index in [0.29, 0.717) is 5.57 Å². The van der Waals surface area contributed by atoms with Crippen LogP contribution in [-0.4, -0.2) is 16.9 Å². The van der Waals surface area contributed by atoms with Crippen molar-refractivity contribution >= 4 is 0 Å². The number of rotatable bonds is 0. The third-order valence-corrected chi connectivity index (χ3v) is 1.96. The minimum atomic E-state index is -1.30. The summed E-state index contributed by atoms with van der Waals surface area (Å²) in [5, 5.41) is 9.42. The van der Waals surface area contributed by atoms with E-state index < -0.39 is 11.8 Å². The summed E-state index contributed by atoms with van der Waals surface area (Å²) < 4.78 is 12.8. The molecule has 2 heteroatoms. The molecule has 0 aromatic heterocycles. The Balaban J connectivity index is 2.93. The van der Waals surface area contributed by atoms with Crippen molar-refractivity contribution in [3.63, 3.8) is 0 Å². The molecular weight excluding hydrogens is 131 g/mol. The average Bonchev–Trinajstić information content (AvgIpc) is 1.84. The molecule has 0 bridgehead atoms. The molecule has 0 aromatic carbocycles. The standard InChI is InChI=1S/C8H11FO/c1-6-4-3-5-7(9)8(6,2)10/h3-5,7,10H,1-2H3. The van der Waals surface area contributed by atoms with Crippen LogP contribution in [0.5, 0.6) is 0 Å². The number of halogens is 1. The molecule has 2 unspecified atom stereocenters. The van der Waals surface area contributed by atoms with Crippen molar-refractivity contribution in [2.75, 3.05) is 0 Å². The predicted octanol–water partition coefficient (Wildman–Crippen LogP) is 1.59. The largest absolute Gasteiger partial charge is 0.382 e. The monoisotopic (exact) mass is 142 g/mol. The molecule has 1 rings (SSSR count). The first-order valence-electron chi connectivity index (χ1n) is 3.27. The first kappa shape index (κ1) is 7.48. The molecule has 0 fully saturated rings. The molecule has 0 saturated heterocycles. The Morgan fingerprint density at radius 1 is 1.70 bits per heavy atom. The van der Waals surface area contributed by atoms with Crippen LogP contribution in [0.1, 0.15) is 13.8 Å². The molecule has 0 aliphatic heterocycles. The van der Waals surface area contributed by atoms with Gasteiger partial charge < -0.3 is 5.11 Å². The summed E-state index contributed by atoms with van der Waals surface area (Å²) in [5.74, 6) is 0. The second kappa shape index (κ2) is 2.20. The van der Waals surface area contributed by atoms with Crippen molar-refractivity contribution in [2.45, 2.75) is 25.6 Å². The van der Waals surface area contributed by atoms with Gasteiger partial charge in [0.25, 0.3) is 0 Å². The van der Waals surface area contributed by atoms with Crippen LogP contribution in [-0.2, 0) is 0 Å². The lowest BCUT2D eigenvalue weighted by Crippen LogP contribution is -2.37. The quantitative estimate of drug-likeness (QED) is 0.544. The van der Waals surface area contributed by atoms with Gasteiger partial charge in [0.1, 0.15) is 5.60 Å². The minimum absolute atomic E-state index is 0.669. The van der Waals surface area contributed by atoms with Gasteiger partial charge >= 0.3 is 0 Å². The van der Waals surface area contributed by atoms with E-state index in [1.165, 1.54) is 13.0 Å². The van der Waals surface area contributed by atoms with Crippen LogP contribution < -0.4 is 0 Å². The maximum atomic E-state index is 12.8. The molecule has 0 radical (unpaired) electrons. The second-order valence-corrected chi connectivity index (χ2v) is 2.78. The third kappa shape index (κ3) is 0.991. The van der Waals surface area contributed by atoms with E-state index in [1.807, 2.05) is 0 Å². The SMILES string of the molecule is CC1=CC=CC(F)C1(C)O. The summed E-state index contributed by atoms with van der Waals surface area (Å²) in [4.78, 5) is 0. The van der Waals surface area contributed by atoms with Gasteiger partial charge in [-0.05, 0) is 25.5 Å². The van der Waals surface area contributed by atoms with Crippen molar-refractivity contribution in [1.82, 2.24) is 0 Å². The number of aliphatic hydroxyl groups is 1. The van der Waals surface area contributed by atoms with Crippen LogP contribution in [0.4, 0.5) is 4.39 Å². The first-order valence-corrected chi connectivity index (χ1v) is 3.27. The van der Waals surface area contributed by atoms with Gasteiger partial charge in [0.15, 0.2) is 6.17 Å². The summed E-state index contributed by atoms with van der Waals surface area (Å²) in [6.45, 7) is 3.20. The lowest BCUT2D eigenvalue weighted by Gasteiger charge is -2.28. The summed E-state index contributed by atoms with van der Waals surface area (Å²) in [6, 6.07) is 0. The molecule has 1 aliphatic carbocycles. The van der Waals surface area contributed by atoms with Crippen LogP contribution in [0, 0.1) is 0 Å². The Hall–Kier alpha value is -0.630. The lowest BCUT2D eigenvalue weighted by molar-refractivity contribution is 0.0333. The molecule has 56 valence electrons. The van der Waals surface area contributed by atoms with E-state index in [2.05, 4.69) is 0 Å². The number of hydrogen-bond acceptors (Lipinski definition) is 1. The molecular formula is C8H11FO. The molecule has 10 heavy (non-hydrogen) atoms. The zero-order valence-corrected chi connectivity index (χ0v) is 6.13.